The van der Waals surface area contributed by atoms with Gasteiger partial charge in [-0.2, -0.15) is 0 Å². The number of rotatable bonds is 1. The van der Waals surface area contributed by atoms with E-state index in [9.17, 15) is 4.39 Å². The zero-order valence-corrected chi connectivity index (χ0v) is 11.6. The third-order valence-electron chi connectivity index (χ3n) is 3.03. The van der Waals surface area contributed by atoms with Crippen LogP contribution in [-0.4, -0.2) is 12.5 Å². The molecular formula is C13H11ClFN3S. The summed E-state index contributed by atoms with van der Waals surface area (Å²) in [5.41, 5.74) is 8.15. The lowest BCUT2D eigenvalue weighted by molar-refractivity contribution is 0.632. The smallest absolute Gasteiger partial charge is 0.171 e. The van der Waals surface area contributed by atoms with Crippen molar-refractivity contribution in [3.63, 3.8) is 0 Å². The van der Waals surface area contributed by atoms with Crippen LogP contribution in [0, 0.1) is 12.7 Å². The molecule has 0 amide bonds. The van der Waals surface area contributed by atoms with Crippen LogP contribution in [0.4, 0.5) is 9.39 Å². The van der Waals surface area contributed by atoms with Gasteiger partial charge >= 0.3 is 0 Å². The number of thiophene rings is 1. The first-order valence-corrected chi connectivity index (χ1v) is 6.90. The van der Waals surface area contributed by atoms with Crippen molar-refractivity contribution in [3.8, 4) is 10.4 Å². The Kier molecular flexibility index (Phi) is 3.05. The number of nitrogens with one attached hydrogen (secondary N) is 1. The summed E-state index contributed by atoms with van der Waals surface area (Å²) in [5, 5.41) is 4.11. The van der Waals surface area contributed by atoms with Gasteiger partial charge in [-0.15, -0.1) is 11.3 Å². The molecule has 6 heteroatoms. The maximum Gasteiger partial charge on any atom is 0.171 e. The lowest BCUT2D eigenvalue weighted by Gasteiger charge is -2.14. The van der Waals surface area contributed by atoms with E-state index in [4.69, 9.17) is 17.3 Å². The van der Waals surface area contributed by atoms with Gasteiger partial charge in [-0.3, -0.25) is 10.7 Å². The number of halogens is 2. The minimum absolute atomic E-state index is 0.126. The number of hydrogen-bond acceptors (Lipinski definition) is 4. The van der Waals surface area contributed by atoms with Crippen LogP contribution in [0.5, 0.6) is 0 Å². The summed E-state index contributed by atoms with van der Waals surface area (Å²) in [7, 11) is 0. The van der Waals surface area contributed by atoms with E-state index in [-0.39, 0.29) is 5.02 Å². The van der Waals surface area contributed by atoms with Crippen molar-refractivity contribution in [1.82, 2.24) is 0 Å². The van der Waals surface area contributed by atoms with Crippen LogP contribution in [0.2, 0.25) is 5.02 Å². The van der Waals surface area contributed by atoms with Crippen LogP contribution in [0.25, 0.3) is 10.4 Å². The lowest BCUT2D eigenvalue weighted by atomic mass is 10.1. The van der Waals surface area contributed by atoms with E-state index in [1.165, 1.54) is 11.3 Å². The van der Waals surface area contributed by atoms with Crippen molar-refractivity contribution in [2.75, 3.05) is 5.32 Å². The van der Waals surface area contributed by atoms with E-state index < -0.39 is 12.1 Å². The SMILES string of the molecule is Cc1c(-c2cccc(Cl)c2F)sc2c1C=NC(N)N2. The third kappa shape index (κ3) is 2.04. The fourth-order valence-electron chi connectivity index (χ4n) is 2.05. The van der Waals surface area contributed by atoms with Crippen molar-refractivity contribution in [1.29, 1.82) is 0 Å². The summed E-state index contributed by atoms with van der Waals surface area (Å²) in [6.45, 7) is 1.94. The van der Waals surface area contributed by atoms with Crippen LogP contribution in [-0.2, 0) is 0 Å². The van der Waals surface area contributed by atoms with Crippen LogP contribution in [0.1, 0.15) is 11.1 Å². The van der Waals surface area contributed by atoms with Crippen molar-refractivity contribution in [3.05, 3.63) is 40.2 Å². The van der Waals surface area contributed by atoms with Crippen LogP contribution in [0.15, 0.2) is 23.2 Å². The molecule has 19 heavy (non-hydrogen) atoms. The highest BCUT2D eigenvalue weighted by atomic mass is 35.5. The largest absolute Gasteiger partial charge is 0.343 e. The molecule has 0 saturated carbocycles. The minimum Gasteiger partial charge on any atom is -0.343 e. The highest BCUT2D eigenvalue weighted by Crippen LogP contribution is 2.42. The monoisotopic (exact) mass is 295 g/mol. The summed E-state index contributed by atoms with van der Waals surface area (Å²) in [6.07, 6.45) is 1.29. The van der Waals surface area contributed by atoms with Crippen molar-refractivity contribution in [2.45, 2.75) is 13.2 Å². The van der Waals surface area contributed by atoms with Gasteiger partial charge < -0.3 is 5.32 Å². The second-order valence-corrected chi connectivity index (χ2v) is 5.70. The Bertz CT molecular complexity index is 681. The second-order valence-electron chi connectivity index (χ2n) is 4.27. The molecular weight excluding hydrogens is 285 g/mol. The third-order valence-corrected chi connectivity index (χ3v) is 4.60. The van der Waals surface area contributed by atoms with Crippen molar-refractivity contribution in [2.24, 2.45) is 10.7 Å². The summed E-state index contributed by atoms with van der Waals surface area (Å²) >= 11 is 7.29. The predicted molar refractivity (Wildman–Crippen MR) is 78.7 cm³/mol. The van der Waals surface area contributed by atoms with E-state index in [1.807, 2.05) is 6.92 Å². The summed E-state index contributed by atoms with van der Waals surface area (Å²) < 4.78 is 14.1. The number of benzene rings is 1. The van der Waals surface area contributed by atoms with Gasteiger partial charge in [-0.05, 0) is 18.6 Å². The molecule has 2 heterocycles. The topological polar surface area (TPSA) is 50.4 Å². The quantitative estimate of drug-likeness (QED) is 0.844. The van der Waals surface area contributed by atoms with Gasteiger partial charge in [0.05, 0.1) is 5.02 Å². The number of fused-ring (bicyclic) bond motifs is 1. The van der Waals surface area contributed by atoms with Crippen LogP contribution in [0.3, 0.4) is 0 Å². The molecule has 98 valence electrons. The number of aliphatic imine (C=N–C) groups is 1. The van der Waals surface area contributed by atoms with E-state index >= 15 is 0 Å². The molecule has 0 fully saturated rings. The first-order chi connectivity index (χ1) is 9.08. The van der Waals surface area contributed by atoms with Gasteiger partial charge in [0.25, 0.3) is 0 Å². The molecule has 0 saturated heterocycles. The molecule has 0 spiro atoms. The molecule has 1 atom stereocenters. The van der Waals surface area contributed by atoms with Crippen LogP contribution >= 0.6 is 22.9 Å². The molecule has 1 aliphatic heterocycles. The normalized spacial score (nSPS) is 17.2. The lowest BCUT2D eigenvalue weighted by Crippen LogP contribution is -2.29. The maximum atomic E-state index is 14.1. The summed E-state index contributed by atoms with van der Waals surface area (Å²) in [6, 6.07) is 5.01. The van der Waals surface area contributed by atoms with E-state index in [1.54, 1.807) is 24.4 Å². The predicted octanol–water partition coefficient (Wildman–Crippen LogP) is 3.60. The van der Waals surface area contributed by atoms with E-state index in [0.29, 0.717) is 5.56 Å². The highest BCUT2D eigenvalue weighted by Gasteiger charge is 2.21. The summed E-state index contributed by atoms with van der Waals surface area (Å²) in [4.78, 5) is 4.95. The molecule has 0 bridgehead atoms. The first kappa shape index (κ1) is 12.6. The molecule has 0 radical (unpaired) electrons. The van der Waals surface area contributed by atoms with Gasteiger partial charge in [-0.1, -0.05) is 23.7 Å². The molecule has 3 rings (SSSR count). The molecule has 1 aromatic carbocycles. The van der Waals surface area contributed by atoms with Crippen molar-refractivity contribution >= 4 is 34.2 Å². The minimum atomic E-state index is -0.442. The molecule has 1 unspecified atom stereocenters. The van der Waals surface area contributed by atoms with E-state index in [2.05, 4.69) is 10.3 Å². The number of nitrogens with two attached hydrogens (primary N) is 1. The fourth-order valence-corrected chi connectivity index (χ4v) is 3.46. The van der Waals surface area contributed by atoms with E-state index in [0.717, 1.165) is 21.0 Å². The highest BCUT2D eigenvalue weighted by molar-refractivity contribution is 7.20. The second kappa shape index (κ2) is 4.59. The van der Waals surface area contributed by atoms with Crippen molar-refractivity contribution < 1.29 is 4.39 Å². The standard InChI is InChI=1S/C13H11ClFN3S/c1-6-8-5-17-13(16)18-12(8)19-11(6)7-3-2-4-9(14)10(7)15/h2-5,13,18H,16H2,1H3. The van der Waals surface area contributed by atoms with Gasteiger partial charge in [0.15, 0.2) is 6.29 Å². The Labute approximate surface area is 118 Å². The molecule has 1 aliphatic rings. The zero-order chi connectivity index (χ0) is 13.6. The molecule has 1 aromatic heterocycles. The Hall–Kier alpha value is -1.43. The Balaban J connectivity index is 2.18. The number of anilines is 1. The Morgan fingerprint density at radius 2 is 2.26 bits per heavy atom. The average Bonchev–Trinajstić information content (AvgIpc) is 2.69. The number of hydrogen-bond donors (Lipinski definition) is 2. The molecule has 2 aromatic rings. The van der Waals surface area contributed by atoms with Gasteiger partial charge in [-0.25, -0.2) is 4.39 Å². The summed E-state index contributed by atoms with van der Waals surface area (Å²) in [5.74, 6) is -0.396. The average molecular weight is 296 g/mol. The molecule has 3 N–H and O–H groups in total. The van der Waals surface area contributed by atoms with Gasteiger partial charge in [0.2, 0.25) is 0 Å². The van der Waals surface area contributed by atoms with Gasteiger partial charge in [0.1, 0.15) is 10.8 Å². The van der Waals surface area contributed by atoms with Crippen LogP contribution < -0.4 is 11.1 Å². The first-order valence-electron chi connectivity index (χ1n) is 5.71. The number of nitrogens with zero attached hydrogens (tertiary/aromatic N) is 1. The molecule has 0 aliphatic carbocycles. The van der Waals surface area contributed by atoms with Gasteiger partial charge in [0, 0.05) is 22.2 Å². The molecule has 3 nitrogen and oxygen atoms in total. The maximum absolute atomic E-state index is 14.1. The Morgan fingerprint density at radius 3 is 3.05 bits per heavy atom. The Morgan fingerprint density at radius 1 is 1.47 bits per heavy atom. The zero-order valence-electron chi connectivity index (χ0n) is 10.1. The fraction of sp³-hybridized carbons (Fsp3) is 0.154.